The van der Waals surface area contributed by atoms with Gasteiger partial charge < -0.3 is 14.6 Å². The fourth-order valence-electron chi connectivity index (χ4n) is 2.56. The van der Waals surface area contributed by atoms with Crippen molar-refractivity contribution >= 4 is 11.6 Å². The van der Waals surface area contributed by atoms with E-state index in [1.165, 1.54) is 0 Å². The van der Waals surface area contributed by atoms with Gasteiger partial charge in [-0.05, 0) is 23.8 Å². The van der Waals surface area contributed by atoms with Crippen LogP contribution in [0.1, 0.15) is 22.8 Å². The number of benzene rings is 2. The van der Waals surface area contributed by atoms with Gasteiger partial charge >= 0.3 is 0 Å². The highest BCUT2D eigenvalue weighted by Crippen LogP contribution is 2.40. The van der Waals surface area contributed by atoms with Crippen LogP contribution in [-0.2, 0) is 6.42 Å². The summed E-state index contributed by atoms with van der Waals surface area (Å²) in [5.41, 5.74) is 2.44. The summed E-state index contributed by atoms with van der Waals surface area (Å²) in [6.07, 6.45) is -0.00153. The Morgan fingerprint density at radius 3 is 2.85 bits per heavy atom. The average Bonchev–Trinajstić information content (AvgIpc) is 2.93. The Morgan fingerprint density at radius 1 is 1.25 bits per heavy atom. The van der Waals surface area contributed by atoms with Gasteiger partial charge in [0.15, 0.2) is 0 Å². The average molecular weight is 291 g/mol. The predicted octanol–water partition coefficient (Wildman–Crippen LogP) is 3.37. The van der Waals surface area contributed by atoms with Gasteiger partial charge in [-0.15, -0.1) is 0 Å². The van der Waals surface area contributed by atoms with E-state index < -0.39 is 6.10 Å². The van der Waals surface area contributed by atoms with Gasteiger partial charge in [-0.1, -0.05) is 29.8 Å². The normalized spacial score (nSPS) is 14.6. The summed E-state index contributed by atoms with van der Waals surface area (Å²) < 4.78 is 10.9. The molecular weight excluding hydrogens is 276 g/mol. The highest BCUT2D eigenvalue weighted by atomic mass is 35.5. The Hall–Kier alpha value is -1.71. The zero-order valence-electron chi connectivity index (χ0n) is 11.1. The molecule has 104 valence electrons. The van der Waals surface area contributed by atoms with Crippen LogP contribution >= 0.6 is 11.6 Å². The number of rotatable bonds is 3. The SMILES string of the molecule is COc1ccccc1C(O)c1cc(Cl)cc2c1OCC2. The van der Waals surface area contributed by atoms with E-state index in [4.69, 9.17) is 21.1 Å². The number of aliphatic hydroxyl groups excluding tert-OH is 1. The quantitative estimate of drug-likeness (QED) is 0.942. The minimum atomic E-state index is -0.823. The maximum Gasteiger partial charge on any atom is 0.128 e. The Kier molecular flexibility index (Phi) is 3.55. The number of methoxy groups -OCH3 is 1. The Bertz CT molecular complexity index is 640. The molecule has 3 nitrogen and oxygen atoms in total. The topological polar surface area (TPSA) is 38.7 Å². The highest BCUT2D eigenvalue weighted by molar-refractivity contribution is 6.30. The lowest BCUT2D eigenvalue weighted by atomic mass is 9.97. The van der Waals surface area contributed by atoms with Gasteiger partial charge in [0.05, 0.1) is 13.7 Å². The van der Waals surface area contributed by atoms with E-state index in [0.29, 0.717) is 28.5 Å². The molecule has 0 aliphatic carbocycles. The zero-order chi connectivity index (χ0) is 14.1. The summed E-state index contributed by atoms with van der Waals surface area (Å²) in [5, 5.41) is 11.3. The van der Waals surface area contributed by atoms with Gasteiger partial charge in [-0.25, -0.2) is 0 Å². The van der Waals surface area contributed by atoms with Crippen molar-refractivity contribution in [3.05, 3.63) is 58.1 Å². The smallest absolute Gasteiger partial charge is 0.128 e. The van der Waals surface area contributed by atoms with Crippen LogP contribution in [-0.4, -0.2) is 18.8 Å². The van der Waals surface area contributed by atoms with Gasteiger partial charge in [-0.2, -0.15) is 0 Å². The van der Waals surface area contributed by atoms with E-state index in [0.717, 1.165) is 17.7 Å². The van der Waals surface area contributed by atoms with E-state index in [1.54, 1.807) is 13.2 Å². The van der Waals surface area contributed by atoms with Gasteiger partial charge in [0.1, 0.15) is 17.6 Å². The summed E-state index contributed by atoms with van der Waals surface area (Å²) in [4.78, 5) is 0. The molecule has 0 fully saturated rings. The number of hydrogen-bond donors (Lipinski definition) is 1. The Balaban J connectivity index is 2.09. The fraction of sp³-hybridized carbons (Fsp3) is 0.250. The molecule has 0 saturated carbocycles. The summed E-state index contributed by atoms with van der Waals surface area (Å²) in [5.74, 6) is 1.39. The predicted molar refractivity (Wildman–Crippen MR) is 77.7 cm³/mol. The second-order valence-corrected chi connectivity index (χ2v) is 5.16. The van der Waals surface area contributed by atoms with Crippen molar-refractivity contribution in [2.24, 2.45) is 0 Å². The first kappa shape index (κ1) is 13.3. The second-order valence-electron chi connectivity index (χ2n) is 4.73. The summed E-state index contributed by atoms with van der Waals surface area (Å²) in [7, 11) is 1.59. The van der Waals surface area contributed by atoms with Crippen LogP contribution in [0.5, 0.6) is 11.5 Å². The molecule has 3 rings (SSSR count). The number of aliphatic hydroxyl groups is 1. The standard InChI is InChI=1S/C16H15ClO3/c1-19-14-5-3-2-4-12(14)15(18)13-9-11(17)8-10-6-7-20-16(10)13/h2-5,8-9,15,18H,6-7H2,1H3. The van der Waals surface area contributed by atoms with Crippen LogP contribution in [0.3, 0.4) is 0 Å². The molecule has 0 saturated heterocycles. The summed E-state index contributed by atoms with van der Waals surface area (Å²) in [6.45, 7) is 0.626. The number of halogens is 1. The fourth-order valence-corrected chi connectivity index (χ4v) is 2.81. The van der Waals surface area contributed by atoms with Crippen LogP contribution in [0.25, 0.3) is 0 Å². The first-order chi connectivity index (χ1) is 9.70. The van der Waals surface area contributed by atoms with Crippen molar-refractivity contribution in [2.75, 3.05) is 13.7 Å². The molecule has 0 bridgehead atoms. The van der Waals surface area contributed by atoms with Gasteiger partial charge in [-0.3, -0.25) is 0 Å². The Labute approximate surface area is 122 Å². The monoisotopic (exact) mass is 290 g/mol. The lowest BCUT2D eigenvalue weighted by Crippen LogP contribution is -2.04. The summed E-state index contributed by atoms with van der Waals surface area (Å²) >= 11 is 6.14. The van der Waals surface area contributed by atoms with E-state index in [-0.39, 0.29) is 0 Å². The molecule has 0 aromatic heterocycles. The molecule has 1 atom stereocenters. The van der Waals surface area contributed by atoms with Crippen molar-refractivity contribution in [1.29, 1.82) is 0 Å². The minimum absolute atomic E-state index is 0.609. The third-order valence-corrected chi connectivity index (χ3v) is 3.72. The maximum absolute atomic E-state index is 10.7. The number of hydrogen-bond acceptors (Lipinski definition) is 3. The maximum atomic E-state index is 10.7. The van der Waals surface area contributed by atoms with Crippen molar-refractivity contribution in [3.8, 4) is 11.5 Å². The first-order valence-corrected chi connectivity index (χ1v) is 6.84. The molecule has 1 heterocycles. The molecule has 1 aliphatic rings. The molecule has 4 heteroatoms. The third-order valence-electron chi connectivity index (χ3n) is 3.51. The molecule has 0 spiro atoms. The highest BCUT2D eigenvalue weighted by Gasteiger charge is 2.24. The largest absolute Gasteiger partial charge is 0.496 e. The lowest BCUT2D eigenvalue weighted by Gasteiger charge is -2.17. The number of fused-ring (bicyclic) bond motifs is 1. The van der Waals surface area contributed by atoms with Crippen LogP contribution < -0.4 is 9.47 Å². The molecular formula is C16H15ClO3. The van der Waals surface area contributed by atoms with Crippen LogP contribution in [0.15, 0.2) is 36.4 Å². The molecule has 20 heavy (non-hydrogen) atoms. The molecule has 1 N–H and O–H groups in total. The van der Waals surface area contributed by atoms with Gasteiger partial charge in [0, 0.05) is 22.6 Å². The minimum Gasteiger partial charge on any atom is -0.496 e. The van der Waals surface area contributed by atoms with Crippen molar-refractivity contribution < 1.29 is 14.6 Å². The van der Waals surface area contributed by atoms with E-state index in [9.17, 15) is 5.11 Å². The van der Waals surface area contributed by atoms with Crippen molar-refractivity contribution in [2.45, 2.75) is 12.5 Å². The molecule has 0 radical (unpaired) electrons. The van der Waals surface area contributed by atoms with Crippen LogP contribution in [0, 0.1) is 0 Å². The van der Waals surface area contributed by atoms with Crippen LogP contribution in [0.4, 0.5) is 0 Å². The van der Waals surface area contributed by atoms with Crippen molar-refractivity contribution in [3.63, 3.8) is 0 Å². The molecule has 2 aromatic carbocycles. The van der Waals surface area contributed by atoms with Crippen LogP contribution in [0.2, 0.25) is 5.02 Å². The summed E-state index contributed by atoms with van der Waals surface area (Å²) in [6, 6.07) is 11.0. The molecule has 1 unspecified atom stereocenters. The van der Waals surface area contributed by atoms with E-state index in [1.807, 2.05) is 30.3 Å². The van der Waals surface area contributed by atoms with Gasteiger partial charge in [0.25, 0.3) is 0 Å². The number of para-hydroxylation sites is 1. The molecule has 2 aromatic rings. The molecule has 0 amide bonds. The lowest BCUT2D eigenvalue weighted by molar-refractivity contribution is 0.208. The zero-order valence-corrected chi connectivity index (χ0v) is 11.9. The second kappa shape index (κ2) is 5.35. The van der Waals surface area contributed by atoms with E-state index >= 15 is 0 Å². The Morgan fingerprint density at radius 2 is 2.05 bits per heavy atom. The third kappa shape index (κ3) is 2.23. The van der Waals surface area contributed by atoms with Crippen molar-refractivity contribution in [1.82, 2.24) is 0 Å². The molecule has 1 aliphatic heterocycles. The number of ether oxygens (including phenoxy) is 2. The van der Waals surface area contributed by atoms with E-state index in [2.05, 4.69) is 0 Å². The first-order valence-electron chi connectivity index (χ1n) is 6.47. The van der Waals surface area contributed by atoms with Gasteiger partial charge in [0.2, 0.25) is 0 Å².